The second-order valence-electron chi connectivity index (χ2n) is 7.44. The van der Waals surface area contributed by atoms with Crippen LogP contribution in [0.5, 0.6) is 0 Å². The molecule has 0 aliphatic carbocycles. The SMILES string of the molecule is CC[C@@H](C(=O)NC)N(Cc1ccc(C)cc1)C(=O)CN(c1cc(Cl)cc(Cl)c1)S(C)(=O)=O. The summed E-state index contributed by atoms with van der Waals surface area (Å²) in [4.78, 5) is 27.3. The molecule has 0 bridgehead atoms. The van der Waals surface area contributed by atoms with E-state index in [1.54, 1.807) is 6.92 Å². The number of anilines is 1. The van der Waals surface area contributed by atoms with E-state index in [9.17, 15) is 18.0 Å². The Hall–Kier alpha value is -2.29. The fourth-order valence-corrected chi connectivity index (χ4v) is 4.62. The first kappa shape index (κ1) is 26.0. The van der Waals surface area contributed by atoms with Crippen LogP contribution in [0.4, 0.5) is 5.69 Å². The molecule has 0 aliphatic rings. The van der Waals surface area contributed by atoms with Crippen LogP contribution in [0.2, 0.25) is 10.0 Å². The number of benzene rings is 2. The number of likely N-dealkylation sites (N-methyl/N-ethyl adjacent to an activating group) is 1. The van der Waals surface area contributed by atoms with Gasteiger partial charge in [-0.25, -0.2) is 8.42 Å². The summed E-state index contributed by atoms with van der Waals surface area (Å²) in [5.74, 6) is -0.854. The maximum atomic E-state index is 13.4. The van der Waals surface area contributed by atoms with E-state index in [1.165, 1.54) is 30.1 Å². The van der Waals surface area contributed by atoms with E-state index >= 15 is 0 Å². The fraction of sp³-hybridized carbons (Fsp3) is 0.364. The predicted molar refractivity (Wildman–Crippen MR) is 129 cm³/mol. The van der Waals surface area contributed by atoms with Gasteiger partial charge in [-0.2, -0.15) is 0 Å². The van der Waals surface area contributed by atoms with E-state index in [2.05, 4.69) is 5.32 Å². The van der Waals surface area contributed by atoms with Gasteiger partial charge in [-0.1, -0.05) is 60.0 Å². The maximum absolute atomic E-state index is 13.4. The van der Waals surface area contributed by atoms with Gasteiger partial charge in [-0.05, 0) is 37.1 Å². The molecule has 0 aliphatic heterocycles. The molecule has 0 radical (unpaired) electrons. The molecule has 2 aromatic rings. The summed E-state index contributed by atoms with van der Waals surface area (Å²) in [6.45, 7) is 3.39. The van der Waals surface area contributed by atoms with Crippen LogP contribution in [0.25, 0.3) is 0 Å². The lowest BCUT2D eigenvalue weighted by Gasteiger charge is -2.32. The van der Waals surface area contributed by atoms with Crippen LogP contribution < -0.4 is 9.62 Å². The molecule has 0 fully saturated rings. The number of hydrogen-bond donors (Lipinski definition) is 1. The highest BCUT2D eigenvalue weighted by Gasteiger charge is 2.31. The molecule has 10 heteroatoms. The van der Waals surface area contributed by atoms with Crippen molar-refractivity contribution < 1.29 is 18.0 Å². The van der Waals surface area contributed by atoms with Gasteiger partial charge in [0.1, 0.15) is 12.6 Å². The Morgan fingerprint density at radius 1 is 1.06 bits per heavy atom. The highest BCUT2D eigenvalue weighted by molar-refractivity contribution is 7.92. The zero-order valence-electron chi connectivity index (χ0n) is 18.4. The number of rotatable bonds is 9. The van der Waals surface area contributed by atoms with Crippen molar-refractivity contribution >= 4 is 50.7 Å². The maximum Gasteiger partial charge on any atom is 0.244 e. The highest BCUT2D eigenvalue weighted by atomic mass is 35.5. The number of carbonyl (C=O) groups excluding carboxylic acids is 2. The van der Waals surface area contributed by atoms with Crippen LogP contribution >= 0.6 is 23.2 Å². The molecule has 1 atom stereocenters. The van der Waals surface area contributed by atoms with E-state index in [4.69, 9.17) is 23.2 Å². The molecule has 32 heavy (non-hydrogen) atoms. The van der Waals surface area contributed by atoms with E-state index in [0.29, 0.717) is 6.42 Å². The Balaban J connectivity index is 2.45. The van der Waals surface area contributed by atoms with Crippen molar-refractivity contribution in [3.63, 3.8) is 0 Å². The van der Waals surface area contributed by atoms with Gasteiger partial charge < -0.3 is 10.2 Å². The first-order chi connectivity index (χ1) is 15.0. The van der Waals surface area contributed by atoms with Gasteiger partial charge in [0, 0.05) is 23.6 Å². The van der Waals surface area contributed by atoms with E-state index < -0.39 is 28.5 Å². The summed E-state index contributed by atoms with van der Waals surface area (Å²) in [6.07, 6.45) is 1.36. The zero-order chi connectivity index (χ0) is 24.1. The largest absolute Gasteiger partial charge is 0.357 e. The summed E-state index contributed by atoms with van der Waals surface area (Å²) >= 11 is 12.1. The van der Waals surface area contributed by atoms with Gasteiger partial charge in [0.15, 0.2) is 0 Å². The third-order valence-electron chi connectivity index (χ3n) is 4.92. The van der Waals surface area contributed by atoms with Crippen molar-refractivity contribution in [2.75, 3.05) is 24.2 Å². The predicted octanol–water partition coefficient (Wildman–Crippen LogP) is 3.62. The molecule has 0 spiro atoms. The van der Waals surface area contributed by atoms with E-state index in [-0.39, 0.29) is 28.2 Å². The minimum atomic E-state index is -3.85. The Bertz CT molecular complexity index is 1050. The molecule has 0 unspecified atom stereocenters. The molecule has 174 valence electrons. The Morgan fingerprint density at radius 3 is 2.09 bits per heavy atom. The van der Waals surface area contributed by atoms with Gasteiger partial charge in [0.25, 0.3) is 0 Å². The van der Waals surface area contributed by atoms with E-state index in [1.807, 2.05) is 31.2 Å². The van der Waals surface area contributed by atoms with E-state index in [0.717, 1.165) is 21.7 Å². The number of amides is 2. The number of hydrogen-bond acceptors (Lipinski definition) is 4. The summed E-state index contributed by atoms with van der Waals surface area (Å²) in [5.41, 5.74) is 2.05. The Labute approximate surface area is 199 Å². The summed E-state index contributed by atoms with van der Waals surface area (Å²) in [6, 6.07) is 11.1. The molecule has 0 saturated heterocycles. The fourth-order valence-electron chi connectivity index (χ4n) is 3.27. The molecule has 2 amide bonds. The Kier molecular flexibility index (Phi) is 8.95. The molecule has 2 rings (SSSR count). The molecule has 2 aromatic carbocycles. The first-order valence-electron chi connectivity index (χ1n) is 9.96. The summed E-state index contributed by atoms with van der Waals surface area (Å²) in [7, 11) is -2.35. The lowest BCUT2D eigenvalue weighted by molar-refractivity contribution is -0.140. The summed E-state index contributed by atoms with van der Waals surface area (Å²) in [5, 5.41) is 3.05. The zero-order valence-corrected chi connectivity index (χ0v) is 20.8. The minimum Gasteiger partial charge on any atom is -0.357 e. The molecule has 1 N–H and O–H groups in total. The van der Waals surface area contributed by atoms with Gasteiger partial charge >= 0.3 is 0 Å². The lowest BCUT2D eigenvalue weighted by atomic mass is 10.1. The highest BCUT2D eigenvalue weighted by Crippen LogP contribution is 2.27. The smallest absolute Gasteiger partial charge is 0.244 e. The second kappa shape index (κ2) is 11.0. The van der Waals surface area contributed by atoms with Crippen molar-refractivity contribution in [1.29, 1.82) is 0 Å². The average molecular weight is 500 g/mol. The number of aryl methyl sites for hydroxylation is 1. The molecule has 7 nitrogen and oxygen atoms in total. The average Bonchev–Trinajstić information content (AvgIpc) is 2.71. The number of nitrogens with one attached hydrogen (secondary N) is 1. The monoisotopic (exact) mass is 499 g/mol. The molecule has 0 heterocycles. The second-order valence-corrected chi connectivity index (χ2v) is 10.2. The molecule has 0 aromatic heterocycles. The van der Waals surface area contributed by atoms with Crippen LogP contribution in [0.1, 0.15) is 24.5 Å². The summed E-state index contributed by atoms with van der Waals surface area (Å²) < 4.78 is 26.0. The number of sulfonamides is 1. The lowest BCUT2D eigenvalue weighted by Crippen LogP contribution is -2.51. The van der Waals surface area contributed by atoms with Gasteiger partial charge in [0.05, 0.1) is 11.9 Å². The molecular weight excluding hydrogens is 473 g/mol. The first-order valence-corrected chi connectivity index (χ1v) is 12.6. The van der Waals surface area contributed by atoms with Gasteiger partial charge in [-0.3, -0.25) is 13.9 Å². The third-order valence-corrected chi connectivity index (χ3v) is 6.50. The van der Waals surface area contributed by atoms with Crippen LogP contribution in [-0.2, 0) is 26.2 Å². The van der Waals surface area contributed by atoms with Crippen LogP contribution in [0, 0.1) is 6.92 Å². The van der Waals surface area contributed by atoms with Crippen molar-refractivity contribution in [1.82, 2.24) is 10.2 Å². The van der Waals surface area contributed by atoms with Crippen molar-refractivity contribution in [2.45, 2.75) is 32.9 Å². The quantitative estimate of drug-likeness (QED) is 0.570. The Morgan fingerprint density at radius 2 is 1.62 bits per heavy atom. The van der Waals surface area contributed by atoms with Crippen LogP contribution in [-0.4, -0.2) is 51.0 Å². The van der Waals surface area contributed by atoms with Crippen molar-refractivity contribution in [3.05, 3.63) is 63.6 Å². The van der Waals surface area contributed by atoms with Crippen LogP contribution in [0.3, 0.4) is 0 Å². The number of nitrogens with zero attached hydrogens (tertiary/aromatic N) is 2. The van der Waals surface area contributed by atoms with Crippen LogP contribution in [0.15, 0.2) is 42.5 Å². The van der Waals surface area contributed by atoms with Crippen molar-refractivity contribution in [3.8, 4) is 0 Å². The molecular formula is C22H27Cl2N3O4S. The third kappa shape index (κ3) is 6.85. The molecule has 0 saturated carbocycles. The number of carbonyl (C=O) groups is 2. The number of halogens is 2. The van der Waals surface area contributed by atoms with Crippen molar-refractivity contribution in [2.24, 2.45) is 0 Å². The normalized spacial score (nSPS) is 12.2. The standard InChI is InChI=1S/C22H27Cl2N3O4S/c1-5-20(22(29)25-3)26(13-16-8-6-15(2)7-9-16)21(28)14-27(32(4,30)31)19-11-17(23)10-18(24)12-19/h6-12,20H,5,13-14H2,1-4H3,(H,25,29)/t20-/m0/s1. The van der Waals surface area contributed by atoms with Gasteiger partial charge in [0.2, 0.25) is 21.8 Å². The van der Waals surface area contributed by atoms with Gasteiger partial charge in [-0.15, -0.1) is 0 Å². The minimum absolute atomic E-state index is 0.152. The topological polar surface area (TPSA) is 86.8 Å².